The van der Waals surface area contributed by atoms with Gasteiger partial charge in [-0.2, -0.15) is 0 Å². The highest BCUT2D eigenvalue weighted by atomic mass is 79.9. The maximum atomic E-state index is 12.2. The Morgan fingerprint density at radius 2 is 2.44 bits per heavy atom. The maximum absolute atomic E-state index is 12.2. The van der Waals surface area contributed by atoms with Crippen molar-refractivity contribution >= 4 is 21.8 Å². The molecule has 0 aromatic carbocycles. The Balaban J connectivity index is 2.16. The topological polar surface area (TPSA) is 38.1 Å². The summed E-state index contributed by atoms with van der Waals surface area (Å²) in [6.45, 7) is 3.03. The van der Waals surface area contributed by atoms with E-state index in [-0.39, 0.29) is 5.91 Å². The van der Waals surface area contributed by atoms with E-state index in [1.54, 1.807) is 17.1 Å². The summed E-state index contributed by atoms with van der Waals surface area (Å²) < 4.78 is 1.80. The fourth-order valence-corrected chi connectivity index (χ4v) is 3.15. The average Bonchev–Trinajstić information content (AvgIpc) is 2.83. The molecule has 88 valence electrons. The third-order valence-corrected chi connectivity index (χ3v) is 3.89. The predicted octanol–water partition coefficient (Wildman–Crippen LogP) is 1.67. The SMILES string of the molecule is CC1CCN(C(=O)c2cn(C)cn2)C1CBr. The highest BCUT2D eigenvalue weighted by molar-refractivity contribution is 9.09. The van der Waals surface area contributed by atoms with Crippen molar-refractivity contribution in [3.63, 3.8) is 0 Å². The third kappa shape index (κ3) is 2.00. The summed E-state index contributed by atoms with van der Waals surface area (Å²) in [4.78, 5) is 18.2. The van der Waals surface area contributed by atoms with Gasteiger partial charge in [0, 0.05) is 31.2 Å². The standard InChI is InChI=1S/C11H16BrN3O/c1-8-3-4-15(10(8)5-12)11(16)9-6-14(2)7-13-9/h6-8,10H,3-5H2,1-2H3. The second-order valence-corrected chi connectivity index (χ2v) is 5.06. The van der Waals surface area contributed by atoms with Crippen LogP contribution in [-0.4, -0.2) is 38.3 Å². The van der Waals surface area contributed by atoms with Gasteiger partial charge in [-0.25, -0.2) is 4.98 Å². The Labute approximate surface area is 104 Å². The van der Waals surface area contributed by atoms with E-state index in [1.165, 1.54) is 0 Å². The molecule has 0 spiro atoms. The molecule has 1 aliphatic rings. The lowest BCUT2D eigenvalue weighted by molar-refractivity contribution is 0.0733. The van der Waals surface area contributed by atoms with Crippen LogP contribution in [0.15, 0.2) is 12.5 Å². The lowest BCUT2D eigenvalue weighted by Gasteiger charge is -2.24. The van der Waals surface area contributed by atoms with Crippen LogP contribution in [-0.2, 0) is 7.05 Å². The number of aryl methyl sites for hydroxylation is 1. The highest BCUT2D eigenvalue weighted by Gasteiger charge is 2.34. The molecule has 1 fully saturated rings. The Bertz CT molecular complexity index is 390. The molecule has 1 amide bonds. The van der Waals surface area contributed by atoms with Crippen LogP contribution in [0.25, 0.3) is 0 Å². The second kappa shape index (κ2) is 4.57. The molecule has 4 nitrogen and oxygen atoms in total. The minimum atomic E-state index is 0.0504. The first kappa shape index (κ1) is 11.6. The number of amides is 1. The average molecular weight is 286 g/mol. The van der Waals surface area contributed by atoms with Crippen molar-refractivity contribution in [2.24, 2.45) is 13.0 Å². The van der Waals surface area contributed by atoms with Crippen LogP contribution < -0.4 is 0 Å². The number of carbonyl (C=O) groups is 1. The first-order chi connectivity index (χ1) is 7.63. The summed E-state index contributed by atoms with van der Waals surface area (Å²) in [5.74, 6) is 0.612. The van der Waals surface area contributed by atoms with Crippen molar-refractivity contribution in [3.8, 4) is 0 Å². The van der Waals surface area contributed by atoms with E-state index in [4.69, 9.17) is 0 Å². The van der Waals surface area contributed by atoms with Crippen molar-refractivity contribution in [2.75, 3.05) is 11.9 Å². The molecule has 1 saturated heterocycles. The van der Waals surface area contributed by atoms with Gasteiger partial charge < -0.3 is 9.47 Å². The fourth-order valence-electron chi connectivity index (χ4n) is 2.17. The Morgan fingerprint density at radius 1 is 1.69 bits per heavy atom. The van der Waals surface area contributed by atoms with E-state index in [9.17, 15) is 4.79 Å². The van der Waals surface area contributed by atoms with E-state index in [1.807, 2.05) is 11.9 Å². The third-order valence-electron chi connectivity index (χ3n) is 3.23. The van der Waals surface area contributed by atoms with Gasteiger partial charge in [0.05, 0.1) is 6.33 Å². The maximum Gasteiger partial charge on any atom is 0.274 e. The lowest BCUT2D eigenvalue weighted by atomic mass is 10.1. The summed E-state index contributed by atoms with van der Waals surface area (Å²) >= 11 is 3.48. The summed E-state index contributed by atoms with van der Waals surface area (Å²) in [5, 5.41) is 0.840. The number of carbonyl (C=O) groups excluding carboxylic acids is 1. The first-order valence-electron chi connectivity index (χ1n) is 5.48. The number of alkyl halides is 1. The molecule has 5 heteroatoms. The normalized spacial score (nSPS) is 25.1. The van der Waals surface area contributed by atoms with E-state index in [0.717, 1.165) is 18.3 Å². The van der Waals surface area contributed by atoms with Gasteiger partial charge in [0.2, 0.25) is 0 Å². The molecule has 0 aliphatic carbocycles. The molecule has 2 rings (SSSR count). The largest absolute Gasteiger partial charge is 0.340 e. The van der Waals surface area contributed by atoms with Crippen molar-refractivity contribution in [1.29, 1.82) is 0 Å². The summed E-state index contributed by atoms with van der Waals surface area (Å²) in [6.07, 6.45) is 4.52. The van der Waals surface area contributed by atoms with Crippen LogP contribution in [0.5, 0.6) is 0 Å². The van der Waals surface area contributed by atoms with Gasteiger partial charge in [0.1, 0.15) is 5.69 Å². The number of hydrogen-bond acceptors (Lipinski definition) is 2. The van der Waals surface area contributed by atoms with E-state index in [0.29, 0.717) is 17.7 Å². The number of likely N-dealkylation sites (tertiary alicyclic amines) is 1. The molecule has 0 saturated carbocycles. The number of hydrogen-bond donors (Lipinski definition) is 0. The first-order valence-corrected chi connectivity index (χ1v) is 6.60. The Hall–Kier alpha value is -0.840. The van der Waals surface area contributed by atoms with Crippen molar-refractivity contribution in [2.45, 2.75) is 19.4 Å². The van der Waals surface area contributed by atoms with Gasteiger partial charge in [-0.05, 0) is 12.3 Å². The summed E-state index contributed by atoms with van der Waals surface area (Å²) in [6, 6.07) is 0.300. The van der Waals surface area contributed by atoms with Gasteiger partial charge in [0.15, 0.2) is 0 Å². The van der Waals surface area contributed by atoms with Crippen LogP contribution in [0, 0.1) is 5.92 Å². The molecule has 1 aromatic heterocycles. The van der Waals surface area contributed by atoms with E-state index >= 15 is 0 Å². The lowest BCUT2D eigenvalue weighted by Crippen LogP contribution is -2.38. The van der Waals surface area contributed by atoms with Crippen LogP contribution in [0.4, 0.5) is 0 Å². The minimum Gasteiger partial charge on any atom is -0.340 e. The number of halogens is 1. The van der Waals surface area contributed by atoms with Crippen molar-refractivity contribution < 1.29 is 4.79 Å². The van der Waals surface area contributed by atoms with Crippen LogP contribution >= 0.6 is 15.9 Å². The van der Waals surface area contributed by atoms with Crippen LogP contribution in [0.2, 0.25) is 0 Å². The minimum absolute atomic E-state index is 0.0504. The Morgan fingerprint density at radius 3 is 3.00 bits per heavy atom. The zero-order valence-electron chi connectivity index (χ0n) is 9.56. The van der Waals surface area contributed by atoms with Crippen LogP contribution in [0.1, 0.15) is 23.8 Å². The summed E-state index contributed by atoms with van der Waals surface area (Å²) in [5.41, 5.74) is 0.544. The van der Waals surface area contributed by atoms with Crippen molar-refractivity contribution in [1.82, 2.24) is 14.5 Å². The monoisotopic (exact) mass is 285 g/mol. The van der Waals surface area contributed by atoms with Gasteiger partial charge in [-0.15, -0.1) is 0 Å². The molecule has 0 N–H and O–H groups in total. The second-order valence-electron chi connectivity index (χ2n) is 4.41. The van der Waals surface area contributed by atoms with Crippen LogP contribution in [0.3, 0.4) is 0 Å². The van der Waals surface area contributed by atoms with E-state index < -0.39 is 0 Å². The van der Waals surface area contributed by atoms with Gasteiger partial charge in [0.25, 0.3) is 5.91 Å². The number of imidazole rings is 1. The van der Waals surface area contributed by atoms with Gasteiger partial charge in [-0.3, -0.25) is 4.79 Å². The molecular weight excluding hydrogens is 270 g/mol. The molecule has 2 unspecified atom stereocenters. The summed E-state index contributed by atoms with van der Waals surface area (Å²) in [7, 11) is 1.87. The zero-order valence-corrected chi connectivity index (χ0v) is 11.1. The molecular formula is C11H16BrN3O. The van der Waals surface area contributed by atoms with Gasteiger partial charge >= 0.3 is 0 Å². The molecule has 2 heterocycles. The predicted molar refractivity (Wildman–Crippen MR) is 65.6 cm³/mol. The number of rotatable bonds is 2. The van der Waals surface area contributed by atoms with Crippen molar-refractivity contribution in [3.05, 3.63) is 18.2 Å². The molecule has 16 heavy (non-hydrogen) atoms. The van der Waals surface area contributed by atoms with E-state index in [2.05, 4.69) is 27.8 Å². The van der Waals surface area contributed by atoms with Gasteiger partial charge in [-0.1, -0.05) is 22.9 Å². The molecule has 1 aliphatic heterocycles. The highest BCUT2D eigenvalue weighted by Crippen LogP contribution is 2.26. The quantitative estimate of drug-likeness (QED) is 0.776. The Kier molecular flexibility index (Phi) is 3.33. The molecule has 0 radical (unpaired) electrons. The molecule has 0 bridgehead atoms. The zero-order chi connectivity index (χ0) is 11.7. The number of aromatic nitrogens is 2. The fraction of sp³-hybridized carbons (Fsp3) is 0.636. The smallest absolute Gasteiger partial charge is 0.274 e. The number of nitrogens with zero attached hydrogens (tertiary/aromatic N) is 3. The molecule has 2 atom stereocenters. The molecule has 1 aromatic rings.